The van der Waals surface area contributed by atoms with E-state index in [1.54, 1.807) is 0 Å². The van der Waals surface area contributed by atoms with Crippen LogP contribution in [0.5, 0.6) is 0 Å². The first-order valence-corrected chi connectivity index (χ1v) is 7.64. The van der Waals surface area contributed by atoms with E-state index < -0.39 is 0 Å². The van der Waals surface area contributed by atoms with Gasteiger partial charge in [0, 0.05) is 43.7 Å². The molecule has 0 bridgehead atoms. The molecule has 1 aliphatic rings. The standard InChI is InChI=1S/C15H26N4O/c1-4-16-9-13-10-17-15(18-12(13)3)19(5-2)11-14-7-6-8-20-14/h10,14,16H,4-9,11H2,1-3H3. The van der Waals surface area contributed by atoms with E-state index in [0.29, 0.717) is 6.10 Å². The molecular weight excluding hydrogens is 252 g/mol. The summed E-state index contributed by atoms with van der Waals surface area (Å²) in [4.78, 5) is 11.4. The zero-order chi connectivity index (χ0) is 14.4. The topological polar surface area (TPSA) is 50.3 Å². The summed E-state index contributed by atoms with van der Waals surface area (Å²) in [5, 5.41) is 3.31. The Morgan fingerprint density at radius 1 is 1.45 bits per heavy atom. The van der Waals surface area contributed by atoms with E-state index >= 15 is 0 Å². The van der Waals surface area contributed by atoms with Gasteiger partial charge in [0.25, 0.3) is 0 Å². The molecule has 0 spiro atoms. The predicted octanol–water partition coefficient (Wildman–Crippen LogP) is 1.90. The van der Waals surface area contributed by atoms with Crippen LogP contribution in [0.2, 0.25) is 0 Å². The Balaban J connectivity index is 2.03. The van der Waals surface area contributed by atoms with Crippen molar-refractivity contribution in [3.8, 4) is 0 Å². The normalized spacial score (nSPS) is 18.4. The molecule has 0 amide bonds. The smallest absolute Gasteiger partial charge is 0.225 e. The van der Waals surface area contributed by atoms with Crippen LogP contribution in [-0.2, 0) is 11.3 Å². The van der Waals surface area contributed by atoms with Crippen LogP contribution < -0.4 is 10.2 Å². The summed E-state index contributed by atoms with van der Waals surface area (Å²) in [7, 11) is 0. The van der Waals surface area contributed by atoms with E-state index in [1.807, 2.05) is 6.20 Å². The van der Waals surface area contributed by atoms with E-state index in [9.17, 15) is 0 Å². The van der Waals surface area contributed by atoms with Gasteiger partial charge in [0.15, 0.2) is 0 Å². The molecule has 1 fully saturated rings. The van der Waals surface area contributed by atoms with E-state index in [-0.39, 0.29) is 0 Å². The van der Waals surface area contributed by atoms with Gasteiger partial charge in [-0.1, -0.05) is 6.92 Å². The SMILES string of the molecule is CCNCc1cnc(N(CC)CC2CCCO2)nc1C. The van der Waals surface area contributed by atoms with Gasteiger partial charge in [-0.2, -0.15) is 0 Å². The number of hydrogen-bond acceptors (Lipinski definition) is 5. The molecule has 5 heteroatoms. The maximum absolute atomic E-state index is 5.71. The second kappa shape index (κ2) is 7.55. The maximum atomic E-state index is 5.71. The molecule has 1 N–H and O–H groups in total. The third-order valence-electron chi connectivity index (χ3n) is 3.75. The molecule has 20 heavy (non-hydrogen) atoms. The number of anilines is 1. The van der Waals surface area contributed by atoms with Gasteiger partial charge in [0.2, 0.25) is 5.95 Å². The van der Waals surface area contributed by atoms with Crippen LogP contribution in [0.15, 0.2) is 6.20 Å². The Kier molecular flexibility index (Phi) is 5.73. The second-order valence-corrected chi connectivity index (χ2v) is 5.23. The van der Waals surface area contributed by atoms with Crippen LogP contribution in [0.3, 0.4) is 0 Å². The lowest BCUT2D eigenvalue weighted by Crippen LogP contribution is -2.33. The fourth-order valence-electron chi connectivity index (χ4n) is 2.45. The summed E-state index contributed by atoms with van der Waals surface area (Å²) in [6, 6.07) is 0. The summed E-state index contributed by atoms with van der Waals surface area (Å²) in [5.41, 5.74) is 2.23. The number of aromatic nitrogens is 2. The lowest BCUT2D eigenvalue weighted by molar-refractivity contribution is 0.115. The number of ether oxygens (including phenoxy) is 1. The Hall–Kier alpha value is -1.20. The van der Waals surface area contributed by atoms with Crippen molar-refractivity contribution in [2.24, 2.45) is 0 Å². The molecule has 1 aliphatic heterocycles. The molecule has 0 radical (unpaired) electrons. The summed E-state index contributed by atoms with van der Waals surface area (Å²) in [5.74, 6) is 0.820. The fourth-order valence-corrected chi connectivity index (χ4v) is 2.45. The second-order valence-electron chi connectivity index (χ2n) is 5.23. The van der Waals surface area contributed by atoms with Crippen molar-refractivity contribution in [3.05, 3.63) is 17.5 Å². The number of rotatable bonds is 7. The Morgan fingerprint density at radius 3 is 2.90 bits per heavy atom. The summed E-state index contributed by atoms with van der Waals surface area (Å²) in [6.45, 7) is 10.8. The van der Waals surface area contributed by atoms with Gasteiger partial charge in [0.05, 0.1) is 6.10 Å². The van der Waals surface area contributed by atoms with Crippen molar-refractivity contribution in [2.45, 2.75) is 46.3 Å². The van der Waals surface area contributed by atoms with E-state index in [1.165, 1.54) is 12.0 Å². The number of aryl methyl sites for hydroxylation is 1. The van der Waals surface area contributed by atoms with Gasteiger partial charge >= 0.3 is 0 Å². The van der Waals surface area contributed by atoms with E-state index in [0.717, 1.165) is 50.8 Å². The van der Waals surface area contributed by atoms with Gasteiger partial charge in [-0.3, -0.25) is 0 Å². The van der Waals surface area contributed by atoms with Crippen LogP contribution in [0.1, 0.15) is 37.9 Å². The van der Waals surface area contributed by atoms with Crippen LogP contribution >= 0.6 is 0 Å². The average Bonchev–Trinajstić information content (AvgIpc) is 2.96. The third kappa shape index (κ3) is 3.90. The molecule has 1 saturated heterocycles. The highest BCUT2D eigenvalue weighted by Gasteiger charge is 2.20. The molecule has 0 aliphatic carbocycles. The fraction of sp³-hybridized carbons (Fsp3) is 0.733. The average molecular weight is 278 g/mol. The summed E-state index contributed by atoms with van der Waals surface area (Å²) < 4.78 is 5.71. The first-order valence-electron chi connectivity index (χ1n) is 7.64. The van der Waals surface area contributed by atoms with Gasteiger partial charge in [0.1, 0.15) is 0 Å². The van der Waals surface area contributed by atoms with Gasteiger partial charge in [-0.15, -0.1) is 0 Å². The van der Waals surface area contributed by atoms with Gasteiger partial charge in [-0.05, 0) is 33.2 Å². The molecule has 1 aromatic rings. The third-order valence-corrected chi connectivity index (χ3v) is 3.75. The largest absolute Gasteiger partial charge is 0.376 e. The molecule has 112 valence electrons. The highest BCUT2D eigenvalue weighted by atomic mass is 16.5. The maximum Gasteiger partial charge on any atom is 0.225 e. The van der Waals surface area contributed by atoms with Gasteiger partial charge < -0.3 is 15.0 Å². The van der Waals surface area contributed by atoms with Crippen molar-refractivity contribution < 1.29 is 4.74 Å². The first-order chi connectivity index (χ1) is 9.74. The van der Waals surface area contributed by atoms with Gasteiger partial charge in [-0.25, -0.2) is 9.97 Å². The minimum atomic E-state index is 0.334. The molecule has 1 aromatic heterocycles. The monoisotopic (exact) mass is 278 g/mol. The van der Waals surface area contributed by atoms with Crippen LogP contribution in [0.4, 0.5) is 5.95 Å². The minimum absolute atomic E-state index is 0.334. The van der Waals surface area contributed by atoms with Crippen molar-refractivity contribution >= 4 is 5.95 Å². The molecular formula is C15H26N4O. The Bertz CT molecular complexity index is 418. The predicted molar refractivity (Wildman–Crippen MR) is 81.0 cm³/mol. The lowest BCUT2D eigenvalue weighted by atomic mass is 10.2. The molecule has 5 nitrogen and oxygen atoms in total. The number of nitrogens with zero attached hydrogens (tertiary/aromatic N) is 3. The zero-order valence-electron chi connectivity index (χ0n) is 12.9. The van der Waals surface area contributed by atoms with Crippen LogP contribution in [0, 0.1) is 6.92 Å². The van der Waals surface area contributed by atoms with Crippen LogP contribution in [-0.4, -0.2) is 42.3 Å². The molecule has 1 unspecified atom stereocenters. The molecule has 1 atom stereocenters. The number of hydrogen-bond donors (Lipinski definition) is 1. The molecule has 2 heterocycles. The Labute approximate surface area is 121 Å². The van der Waals surface area contributed by atoms with Crippen molar-refractivity contribution in [1.82, 2.24) is 15.3 Å². The van der Waals surface area contributed by atoms with E-state index in [2.05, 4.69) is 41.0 Å². The van der Waals surface area contributed by atoms with Crippen LogP contribution in [0.25, 0.3) is 0 Å². The van der Waals surface area contributed by atoms with Crippen molar-refractivity contribution in [3.63, 3.8) is 0 Å². The lowest BCUT2D eigenvalue weighted by Gasteiger charge is -2.24. The first kappa shape index (κ1) is 15.2. The number of nitrogens with one attached hydrogen (secondary N) is 1. The highest BCUT2D eigenvalue weighted by Crippen LogP contribution is 2.17. The zero-order valence-corrected chi connectivity index (χ0v) is 12.9. The summed E-state index contributed by atoms with van der Waals surface area (Å²) >= 11 is 0. The van der Waals surface area contributed by atoms with Crippen molar-refractivity contribution in [1.29, 1.82) is 0 Å². The van der Waals surface area contributed by atoms with E-state index in [4.69, 9.17) is 4.74 Å². The quantitative estimate of drug-likeness (QED) is 0.825. The molecule has 0 aromatic carbocycles. The van der Waals surface area contributed by atoms with Crippen molar-refractivity contribution in [2.75, 3.05) is 31.1 Å². The Morgan fingerprint density at radius 2 is 2.30 bits per heavy atom. The highest BCUT2D eigenvalue weighted by molar-refractivity contribution is 5.33. The number of likely N-dealkylation sites (N-methyl/N-ethyl adjacent to an activating group) is 1. The molecule has 2 rings (SSSR count). The molecule has 0 saturated carbocycles. The minimum Gasteiger partial charge on any atom is -0.376 e. The summed E-state index contributed by atoms with van der Waals surface area (Å²) in [6.07, 6.45) is 4.59.